The molecule has 4 fully saturated rings. The molecule has 2 bridgehead atoms. The van der Waals surface area contributed by atoms with Gasteiger partial charge in [0, 0.05) is 45.1 Å². The molecule has 0 radical (unpaired) electrons. The second-order valence-electron chi connectivity index (χ2n) is 21.7. The van der Waals surface area contributed by atoms with Gasteiger partial charge in [-0.3, -0.25) is 0 Å². The third kappa shape index (κ3) is 4.24. The molecule has 2 heteroatoms. The Bertz CT molecular complexity index is 2790. The van der Waals surface area contributed by atoms with Gasteiger partial charge in [-0.1, -0.05) is 120 Å². The van der Waals surface area contributed by atoms with Crippen molar-refractivity contribution in [2.24, 2.45) is 29.1 Å². The van der Waals surface area contributed by atoms with E-state index in [4.69, 9.17) is 4.74 Å². The Kier molecular flexibility index (Phi) is 6.59. The third-order valence-corrected chi connectivity index (χ3v) is 17.8. The van der Waals surface area contributed by atoms with Gasteiger partial charge in [0.05, 0.1) is 0 Å². The van der Waals surface area contributed by atoms with Crippen molar-refractivity contribution in [2.75, 3.05) is 4.90 Å². The molecule has 0 N–H and O–H groups in total. The number of benzene rings is 6. The number of anilines is 3. The number of ether oxygens (including phenoxy) is 1. The normalized spacial score (nSPS) is 29.5. The van der Waals surface area contributed by atoms with Gasteiger partial charge in [0.15, 0.2) is 0 Å². The highest BCUT2D eigenvalue weighted by Crippen LogP contribution is 2.89. The van der Waals surface area contributed by atoms with Crippen LogP contribution in [0.2, 0.25) is 0 Å². The van der Waals surface area contributed by atoms with Gasteiger partial charge in [0.2, 0.25) is 0 Å². The smallest absolute Gasteiger partial charge is 0.133 e. The van der Waals surface area contributed by atoms with Crippen LogP contribution in [0.4, 0.5) is 17.1 Å². The largest absolute Gasteiger partial charge is 0.457 e. The lowest BCUT2D eigenvalue weighted by Crippen LogP contribution is -2.74. The third-order valence-electron chi connectivity index (χ3n) is 17.8. The van der Waals surface area contributed by atoms with Crippen LogP contribution in [-0.2, 0) is 21.7 Å². The van der Waals surface area contributed by atoms with Crippen molar-refractivity contribution < 1.29 is 4.74 Å². The fraction of sp³-hybridized carbons (Fsp3) is 0.368. The standard InChI is InChI=1S/C57H55NO/c1-53(2)24-25-54(3,4)47-31-39(18-21-44(47)53)58(38-17-20-42-41-14-10-11-15-43(41)55(5,6)46(42)30-38)40-19-22-45-50(32-40)59-49-23-16-36(35-12-8-7-9-13-35)28-48(49)57(45)51-27-34-26-37-29-52(57)56(37,51)33-34/h7-23,28,30-32,34,37,51-52H,24-27,29,33H2,1-6H3. The molecule has 294 valence electrons. The van der Waals surface area contributed by atoms with E-state index in [2.05, 4.69) is 174 Å². The zero-order valence-electron chi connectivity index (χ0n) is 35.5. The molecule has 59 heavy (non-hydrogen) atoms. The molecule has 6 aliphatic carbocycles. The van der Waals surface area contributed by atoms with Crippen LogP contribution in [0.15, 0.2) is 127 Å². The molecule has 7 aliphatic rings. The predicted octanol–water partition coefficient (Wildman–Crippen LogP) is 14.9. The van der Waals surface area contributed by atoms with Crippen LogP contribution >= 0.6 is 0 Å². The fourth-order valence-corrected chi connectivity index (χ4v) is 15.1. The van der Waals surface area contributed by atoms with Gasteiger partial charge in [-0.15, -0.1) is 0 Å². The Morgan fingerprint density at radius 2 is 1.15 bits per heavy atom. The van der Waals surface area contributed by atoms with E-state index < -0.39 is 0 Å². The first-order valence-corrected chi connectivity index (χ1v) is 22.6. The van der Waals surface area contributed by atoms with E-state index in [-0.39, 0.29) is 21.7 Å². The average Bonchev–Trinajstić information content (AvgIpc) is 3.85. The zero-order chi connectivity index (χ0) is 39.8. The summed E-state index contributed by atoms with van der Waals surface area (Å²) < 4.78 is 7.23. The SMILES string of the molecule is CC1(C)CCC(C)(C)c2cc(N(c3ccc4c(c3)Oc3ccc(-c5ccccc5)cc3C43C4CC5CC6CC3C64C5)c3ccc4c(c3)C(C)(C)c3ccccc3-4)ccc21. The van der Waals surface area contributed by atoms with E-state index >= 15 is 0 Å². The van der Waals surface area contributed by atoms with Crippen molar-refractivity contribution in [3.63, 3.8) is 0 Å². The summed E-state index contributed by atoms with van der Waals surface area (Å²) in [6.07, 6.45) is 8.05. The summed E-state index contributed by atoms with van der Waals surface area (Å²) in [5, 5.41) is 0. The Morgan fingerprint density at radius 3 is 1.95 bits per heavy atom. The monoisotopic (exact) mass is 769 g/mol. The van der Waals surface area contributed by atoms with E-state index in [1.54, 1.807) is 0 Å². The topological polar surface area (TPSA) is 12.5 Å². The minimum atomic E-state index is -0.0926. The lowest BCUT2D eigenvalue weighted by Gasteiger charge is -2.77. The Morgan fingerprint density at radius 1 is 0.492 bits per heavy atom. The van der Waals surface area contributed by atoms with E-state index in [0.29, 0.717) is 17.3 Å². The summed E-state index contributed by atoms with van der Waals surface area (Å²) in [5.41, 5.74) is 18.3. The summed E-state index contributed by atoms with van der Waals surface area (Å²) in [4.78, 5) is 2.54. The predicted molar refractivity (Wildman–Crippen MR) is 242 cm³/mol. The number of rotatable bonds is 4. The Labute approximate surface area is 350 Å². The van der Waals surface area contributed by atoms with Crippen LogP contribution in [0.1, 0.15) is 113 Å². The number of hydrogen-bond donors (Lipinski definition) is 0. The lowest BCUT2D eigenvalue weighted by atomic mass is 9.26. The molecule has 6 aromatic rings. The Hall–Kier alpha value is -5.08. The van der Waals surface area contributed by atoms with Crippen LogP contribution in [0.3, 0.4) is 0 Å². The van der Waals surface area contributed by atoms with Crippen LogP contribution < -0.4 is 9.64 Å². The van der Waals surface area contributed by atoms with Crippen LogP contribution in [-0.4, -0.2) is 0 Å². The maximum Gasteiger partial charge on any atom is 0.133 e. The van der Waals surface area contributed by atoms with Gasteiger partial charge >= 0.3 is 0 Å². The van der Waals surface area contributed by atoms with Crippen LogP contribution in [0.5, 0.6) is 11.5 Å². The first-order valence-electron chi connectivity index (χ1n) is 22.6. The molecule has 2 spiro atoms. The summed E-state index contributed by atoms with van der Waals surface area (Å²) in [6, 6.07) is 49.1. The molecular formula is C57H55NO. The molecule has 6 atom stereocenters. The first-order chi connectivity index (χ1) is 28.4. The molecule has 6 aromatic carbocycles. The summed E-state index contributed by atoms with van der Waals surface area (Å²) in [6.45, 7) is 14.6. The maximum atomic E-state index is 7.23. The van der Waals surface area contributed by atoms with Crippen LogP contribution in [0.25, 0.3) is 22.3 Å². The van der Waals surface area contributed by atoms with Gasteiger partial charge in [-0.25, -0.2) is 0 Å². The maximum absolute atomic E-state index is 7.23. The van der Waals surface area contributed by atoms with E-state index in [1.165, 1.54) is 106 Å². The highest BCUT2D eigenvalue weighted by Gasteiger charge is 2.84. The van der Waals surface area contributed by atoms with Gasteiger partial charge in [-0.05, 0) is 165 Å². The van der Waals surface area contributed by atoms with Crippen molar-refractivity contribution in [3.8, 4) is 33.8 Å². The van der Waals surface area contributed by atoms with E-state index in [0.717, 1.165) is 29.0 Å². The molecule has 6 unspecified atom stereocenters. The molecule has 0 amide bonds. The van der Waals surface area contributed by atoms with Crippen LogP contribution in [0, 0.1) is 29.1 Å². The second kappa shape index (κ2) is 11.2. The summed E-state index contributed by atoms with van der Waals surface area (Å²) >= 11 is 0. The molecule has 1 heterocycles. The van der Waals surface area contributed by atoms with Crippen molar-refractivity contribution in [3.05, 3.63) is 161 Å². The molecule has 1 aliphatic heterocycles. The number of fused-ring (bicyclic) bond motifs is 11. The number of nitrogens with zero attached hydrogens (tertiary/aromatic N) is 1. The Balaban J connectivity index is 1.00. The van der Waals surface area contributed by atoms with Crippen molar-refractivity contribution in [1.82, 2.24) is 0 Å². The fourth-order valence-electron chi connectivity index (χ4n) is 15.1. The molecule has 2 nitrogen and oxygen atoms in total. The van der Waals surface area contributed by atoms with E-state index in [9.17, 15) is 0 Å². The molecule has 13 rings (SSSR count). The van der Waals surface area contributed by atoms with E-state index in [1.807, 2.05) is 0 Å². The quantitative estimate of drug-likeness (QED) is 0.177. The molecule has 4 saturated carbocycles. The van der Waals surface area contributed by atoms with Gasteiger partial charge in [0.1, 0.15) is 11.5 Å². The molecular weight excluding hydrogens is 715 g/mol. The van der Waals surface area contributed by atoms with Crippen molar-refractivity contribution >= 4 is 17.1 Å². The van der Waals surface area contributed by atoms with Gasteiger partial charge in [0.25, 0.3) is 0 Å². The van der Waals surface area contributed by atoms with Gasteiger partial charge in [-0.2, -0.15) is 0 Å². The average molecular weight is 770 g/mol. The van der Waals surface area contributed by atoms with Crippen molar-refractivity contribution in [1.29, 1.82) is 0 Å². The summed E-state index contributed by atoms with van der Waals surface area (Å²) in [7, 11) is 0. The highest BCUT2D eigenvalue weighted by atomic mass is 16.5. The summed E-state index contributed by atoms with van der Waals surface area (Å²) in [5.74, 6) is 5.33. The zero-order valence-corrected chi connectivity index (χ0v) is 35.5. The van der Waals surface area contributed by atoms with Gasteiger partial charge < -0.3 is 9.64 Å². The van der Waals surface area contributed by atoms with Crippen molar-refractivity contribution in [2.45, 2.75) is 102 Å². The lowest BCUT2D eigenvalue weighted by molar-refractivity contribution is -0.235. The number of hydrogen-bond acceptors (Lipinski definition) is 2. The molecule has 0 saturated heterocycles. The highest BCUT2D eigenvalue weighted by molar-refractivity contribution is 5.86. The first kappa shape index (κ1) is 34.8. The minimum absolute atomic E-state index is 0.00747. The minimum Gasteiger partial charge on any atom is -0.457 e. The molecule has 0 aromatic heterocycles. The second-order valence-corrected chi connectivity index (χ2v) is 21.7.